The summed E-state index contributed by atoms with van der Waals surface area (Å²) in [5, 5.41) is 3.27. The number of aryl methyl sites for hydroxylation is 4. The number of nitrogens with one attached hydrogen (secondary N) is 1. The van der Waals surface area contributed by atoms with Gasteiger partial charge in [-0.05, 0) is 68.9 Å². The van der Waals surface area contributed by atoms with E-state index in [1.807, 2.05) is 69.0 Å². The van der Waals surface area contributed by atoms with E-state index in [0.29, 0.717) is 0 Å². The molecule has 5 nitrogen and oxygen atoms in total. The molecule has 2 aromatic rings. The van der Waals surface area contributed by atoms with Gasteiger partial charge in [0.15, 0.2) is 5.17 Å². The number of benzene rings is 2. The van der Waals surface area contributed by atoms with E-state index in [0.717, 1.165) is 51.6 Å². The molecule has 0 bridgehead atoms. The molecule has 1 N–H and O–H groups in total. The van der Waals surface area contributed by atoms with Crippen LogP contribution in [0.1, 0.15) is 41.5 Å². The maximum absolute atomic E-state index is 13.1. The molecule has 30 heavy (non-hydrogen) atoms. The van der Waals surface area contributed by atoms with E-state index in [9.17, 15) is 9.59 Å². The number of para-hydroxylation sites is 1. The zero-order valence-corrected chi connectivity index (χ0v) is 18.7. The van der Waals surface area contributed by atoms with Crippen LogP contribution >= 0.6 is 11.8 Å². The minimum Gasteiger partial charge on any atom is -0.326 e. The normalized spacial score (nSPS) is 20.1. The second-order valence-corrected chi connectivity index (χ2v) is 9.42. The van der Waals surface area contributed by atoms with Crippen LogP contribution in [0.3, 0.4) is 0 Å². The number of amides is 2. The second kappa shape index (κ2) is 8.26. The van der Waals surface area contributed by atoms with Gasteiger partial charge < -0.3 is 5.32 Å². The summed E-state index contributed by atoms with van der Waals surface area (Å²) in [5.41, 5.74) is 5.99. The Hall–Kier alpha value is -2.60. The van der Waals surface area contributed by atoms with Gasteiger partial charge in [0.2, 0.25) is 11.8 Å². The predicted octanol–water partition coefficient (Wildman–Crippen LogP) is 5.04. The van der Waals surface area contributed by atoms with Crippen molar-refractivity contribution in [2.45, 2.75) is 58.2 Å². The van der Waals surface area contributed by atoms with Gasteiger partial charge in [-0.1, -0.05) is 42.1 Å². The third-order valence-corrected chi connectivity index (χ3v) is 6.72. The van der Waals surface area contributed by atoms with Gasteiger partial charge in [0.25, 0.3) is 0 Å². The third-order valence-electron chi connectivity index (χ3n) is 5.56. The van der Waals surface area contributed by atoms with Crippen LogP contribution < -0.4 is 5.32 Å². The van der Waals surface area contributed by atoms with Crippen molar-refractivity contribution in [2.75, 3.05) is 5.32 Å². The highest BCUT2D eigenvalue weighted by Crippen LogP contribution is 2.40. The van der Waals surface area contributed by atoms with Crippen LogP contribution in [-0.2, 0) is 9.59 Å². The fraction of sp³-hybridized carbons (Fsp3) is 0.375. The van der Waals surface area contributed by atoms with E-state index in [2.05, 4.69) is 5.32 Å². The topological polar surface area (TPSA) is 61.8 Å². The fourth-order valence-corrected chi connectivity index (χ4v) is 4.88. The number of aliphatic imine (C=N–C) groups is 1. The molecule has 0 spiro atoms. The lowest BCUT2D eigenvalue weighted by Gasteiger charge is -2.16. The van der Waals surface area contributed by atoms with Crippen molar-refractivity contribution >= 4 is 40.1 Å². The Balaban J connectivity index is 1.54. The van der Waals surface area contributed by atoms with Gasteiger partial charge in [-0.2, -0.15) is 0 Å². The van der Waals surface area contributed by atoms with E-state index >= 15 is 0 Å². The molecule has 1 atom stereocenters. The molecule has 2 aliphatic rings. The maximum Gasteiger partial charge on any atom is 0.242 e. The number of thioether (sulfide) groups is 1. The molecule has 1 unspecified atom stereocenters. The zero-order chi connectivity index (χ0) is 21.4. The molecule has 1 aliphatic carbocycles. The lowest BCUT2D eigenvalue weighted by Crippen LogP contribution is -2.35. The van der Waals surface area contributed by atoms with Gasteiger partial charge in [0.05, 0.1) is 5.69 Å². The van der Waals surface area contributed by atoms with Crippen molar-refractivity contribution in [3.05, 3.63) is 58.7 Å². The van der Waals surface area contributed by atoms with E-state index in [1.165, 1.54) is 11.8 Å². The van der Waals surface area contributed by atoms with Crippen molar-refractivity contribution in [3.63, 3.8) is 0 Å². The van der Waals surface area contributed by atoms with Gasteiger partial charge in [0.1, 0.15) is 5.25 Å². The summed E-state index contributed by atoms with van der Waals surface area (Å²) in [7, 11) is 0. The molecule has 2 fully saturated rings. The first-order chi connectivity index (χ1) is 14.3. The summed E-state index contributed by atoms with van der Waals surface area (Å²) in [5.74, 6) is -0.137. The van der Waals surface area contributed by atoms with Gasteiger partial charge in [0, 0.05) is 18.2 Å². The number of hydrogen-bond acceptors (Lipinski definition) is 4. The summed E-state index contributed by atoms with van der Waals surface area (Å²) in [6.45, 7) is 8.03. The SMILES string of the molecule is Cc1ccc(C)c(NC(=O)CC2SC(=Nc3c(C)cccc3C)N(C3CC3)C2=O)c1. The summed E-state index contributed by atoms with van der Waals surface area (Å²) in [6.07, 6.45) is 2.14. The van der Waals surface area contributed by atoms with Crippen molar-refractivity contribution in [1.29, 1.82) is 0 Å². The zero-order valence-electron chi connectivity index (χ0n) is 17.9. The summed E-state index contributed by atoms with van der Waals surface area (Å²) < 4.78 is 0. The van der Waals surface area contributed by atoms with Crippen LogP contribution in [-0.4, -0.2) is 33.2 Å². The average Bonchev–Trinajstić information content (AvgIpc) is 3.47. The Morgan fingerprint density at radius 1 is 1.10 bits per heavy atom. The molecule has 156 valence electrons. The van der Waals surface area contributed by atoms with Crippen molar-refractivity contribution < 1.29 is 9.59 Å². The minimum absolute atomic E-state index is 0.00333. The molecule has 1 heterocycles. The standard InChI is InChI=1S/C24H27N3O2S/c1-14-8-9-15(2)19(12-14)25-21(28)13-20-23(29)27(18-10-11-18)24(30-20)26-22-16(3)6-5-7-17(22)4/h5-9,12,18,20H,10-11,13H2,1-4H3,(H,25,28). The van der Waals surface area contributed by atoms with E-state index in [1.54, 1.807) is 0 Å². The Kier molecular flexibility index (Phi) is 5.69. The lowest BCUT2D eigenvalue weighted by atomic mass is 10.1. The molecule has 4 rings (SSSR count). The molecule has 0 aromatic heterocycles. The van der Waals surface area contributed by atoms with Crippen molar-refractivity contribution in [1.82, 2.24) is 4.90 Å². The summed E-state index contributed by atoms with van der Waals surface area (Å²) >= 11 is 1.42. The number of hydrogen-bond donors (Lipinski definition) is 1. The molecule has 2 aromatic carbocycles. The number of amidine groups is 1. The number of rotatable bonds is 5. The first-order valence-corrected chi connectivity index (χ1v) is 11.2. The van der Waals surface area contributed by atoms with Gasteiger partial charge in [-0.15, -0.1) is 0 Å². The molecular formula is C24H27N3O2S. The first-order valence-electron chi connectivity index (χ1n) is 10.3. The minimum atomic E-state index is -0.432. The quantitative estimate of drug-likeness (QED) is 0.735. The first kappa shape index (κ1) is 20.7. The molecule has 1 saturated carbocycles. The number of anilines is 1. The van der Waals surface area contributed by atoms with E-state index < -0.39 is 5.25 Å². The van der Waals surface area contributed by atoms with E-state index in [-0.39, 0.29) is 24.3 Å². The van der Waals surface area contributed by atoms with Crippen LogP contribution in [0.4, 0.5) is 11.4 Å². The largest absolute Gasteiger partial charge is 0.326 e. The third kappa shape index (κ3) is 4.29. The molecule has 1 aliphatic heterocycles. The highest BCUT2D eigenvalue weighted by molar-refractivity contribution is 8.15. The van der Waals surface area contributed by atoms with Gasteiger partial charge in [-0.3, -0.25) is 14.5 Å². The maximum atomic E-state index is 13.1. The van der Waals surface area contributed by atoms with Crippen molar-refractivity contribution in [3.8, 4) is 0 Å². The molecule has 6 heteroatoms. The van der Waals surface area contributed by atoms with Crippen LogP contribution in [0, 0.1) is 27.7 Å². The van der Waals surface area contributed by atoms with Crippen molar-refractivity contribution in [2.24, 2.45) is 4.99 Å². The van der Waals surface area contributed by atoms with Crippen LogP contribution in [0.5, 0.6) is 0 Å². The molecule has 2 amide bonds. The highest BCUT2D eigenvalue weighted by atomic mass is 32.2. The molecule has 1 saturated heterocycles. The molecular weight excluding hydrogens is 394 g/mol. The fourth-order valence-electron chi connectivity index (χ4n) is 3.68. The number of nitrogens with zero attached hydrogens (tertiary/aromatic N) is 2. The summed E-state index contributed by atoms with van der Waals surface area (Å²) in [4.78, 5) is 32.5. The Morgan fingerprint density at radius 2 is 1.80 bits per heavy atom. The summed E-state index contributed by atoms with van der Waals surface area (Å²) in [6, 6.07) is 12.3. The highest BCUT2D eigenvalue weighted by Gasteiger charge is 2.46. The lowest BCUT2D eigenvalue weighted by molar-refractivity contribution is -0.128. The van der Waals surface area contributed by atoms with Crippen LogP contribution in [0.15, 0.2) is 41.4 Å². The van der Waals surface area contributed by atoms with Gasteiger partial charge in [-0.25, -0.2) is 4.99 Å². The molecule has 0 radical (unpaired) electrons. The van der Waals surface area contributed by atoms with Crippen LogP contribution in [0.25, 0.3) is 0 Å². The smallest absolute Gasteiger partial charge is 0.242 e. The number of carbonyl (C=O) groups excluding carboxylic acids is 2. The monoisotopic (exact) mass is 421 g/mol. The Labute approximate surface area is 182 Å². The van der Waals surface area contributed by atoms with Gasteiger partial charge >= 0.3 is 0 Å². The Morgan fingerprint density at radius 3 is 2.47 bits per heavy atom. The second-order valence-electron chi connectivity index (χ2n) is 8.25. The predicted molar refractivity (Wildman–Crippen MR) is 123 cm³/mol. The van der Waals surface area contributed by atoms with Crippen LogP contribution in [0.2, 0.25) is 0 Å². The number of carbonyl (C=O) groups is 2. The average molecular weight is 422 g/mol. The van der Waals surface area contributed by atoms with E-state index in [4.69, 9.17) is 4.99 Å². The Bertz CT molecular complexity index is 1020.